The molecule has 0 N–H and O–H groups in total. The largest absolute Gasteiger partial charge is 0.269 e. The van der Waals surface area contributed by atoms with Gasteiger partial charge in [-0.15, -0.1) is 0 Å². The van der Waals surface area contributed by atoms with Crippen LogP contribution in [0.15, 0.2) is 16.8 Å². The van der Waals surface area contributed by atoms with Crippen LogP contribution in [0.2, 0.25) is 0 Å². The van der Waals surface area contributed by atoms with Gasteiger partial charge in [-0.25, -0.2) is 0 Å². The van der Waals surface area contributed by atoms with Crippen LogP contribution in [0.4, 0.5) is 0 Å². The van der Waals surface area contributed by atoms with E-state index in [1.807, 2.05) is 12.4 Å². The minimum absolute atomic E-state index is 0.715. The van der Waals surface area contributed by atoms with Gasteiger partial charge in [-0.2, -0.15) is 0 Å². The molecule has 0 saturated carbocycles. The van der Waals surface area contributed by atoms with Gasteiger partial charge in [0.15, 0.2) is 0 Å². The minimum Gasteiger partial charge on any atom is -0.269 e. The minimum atomic E-state index is 0.715. The average Bonchev–Trinajstić information content (AvgIpc) is 1.77. The van der Waals surface area contributed by atoms with E-state index in [0.717, 1.165) is 6.42 Å². The van der Waals surface area contributed by atoms with Crippen LogP contribution in [-0.4, -0.2) is 6.21 Å². The molecule has 1 atom stereocenters. The van der Waals surface area contributed by atoms with Gasteiger partial charge in [0.2, 0.25) is 0 Å². The van der Waals surface area contributed by atoms with Crippen molar-refractivity contribution in [2.75, 3.05) is 0 Å². The fourth-order valence-electron chi connectivity index (χ4n) is 0.702. The van der Waals surface area contributed by atoms with E-state index in [9.17, 15) is 0 Å². The lowest BCUT2D eigenvalue weighted by molar-refractivity contribution is 0.710. The highest BCUT2D eigenvalue weighted by atomic mass is 14.7. The molecule has 0 aromatic carbocycles. The lowest BCUT2D eigenvalue weighted by Crippen LogP contribution is -1.99. The molecule has 0 aromatic heterocycles. The van der Waals surface area contributed by atoms with E-state index in [1.165, 1.54) is 5.57 Å². The van der Waals surface area contributed by atoms with Gasteiger partial charge in [0.05, 0.1) is 0 Å². The lowest BCUT2D eigenvalue weighted by Gasteiger charge is -2.10. The summed E-state index contributed by atoms with van der Waals surface area (Å²) in [4.78, 5) is 4.02. The van der Waals surface area contributed by atoms with Crippen LogP contribution in [0.3, 0.4) is 0 Å². The maximum absolute atomic E-state index is 4.02. The molecular weight excluding hydrogens is 98.1 g/mol. The van der Waals surface area contributed by atoms with Crippen molar-refractivity contribution in [2.24, 2.45) is 10.9 Å². The topological polar surface area (TPSA) is 12.4 Å². The molecule has 0 saturated heterocycles. The van der Waals surface area contributed by atoms with Gasteiger partial charge in [-0.1, -0.05) is 12.5 Å². The van der Waals surface area contributed by atoms with Crippen molar-refractivity contribution in [3.05, 3.63) is 11.8 Å². The summed E-state index contributed by atoms with van der Waals surface area (Å²) in [6.07, 6.45) is 5.02. The molecule has 1 aliphatic heterocycles. The molecule has 1 unspecified atom stereocenters. The second kappa shape index (κ2) is 2.12. The average molecular weight is 109 g/mol. The van der Waals surface area contributed by atoms with Crippen molar-refractivity contribution < 1.29 is 0 Å². The molecule has 1 heterocycles. The zero-order chi connectivity index (χ0) is 5.98. The second-order valence-electron chi connectivity index (χ2n) is 2.34. The number of rotatable bonds is 0. The molecule has 0 amide bonds. The fourth-order valence-corrected chi connectivity index (χ4v) is 0.702. The first kappa shape index (κ1) is 5.54. The van der Waals surface area contributed by atoms with E-state index in [-0.39, 0.29) is 0 Å². The van der Waals surface area contributed by atoms with E-state index >= 15 is 0 Å². The third-order valence-corrected chi connectivity index (χ3v) is 1.62. The van der Waals surface area contributed by atoms with E-state index in [1.54, 1.807) is 0 Å². The Morgan fingerprint density at radius 2 is 2.50 bits per heavy atom. The normalized spacial score (nSPS) is 27.8. The highest BCUT2D eigenvalue weighted by Crippen LogP contribution is 2.15. The summed E-state index contributed by atoms with van der Waals surface area (Å²) in [5.74, 6) is 0.715. The van der Waals surface area contributed by atoms with E-state index in [4.69, 9.17) is 0 Å². The Kier molecular flexibility index (Phi) is 1.47. The Balaban J connectivity index is 2.66. The first-order valence-corrected chi connectivity index (χ1v) is 2.99. The molecule has 1 aliphatic rings. The molecule has 0 bridgehead atoms. The Morgan fingerprint density at radius 1 is 1.75 bits per heavy atom. The maximum atomic E-state index is 4.02. The van der Waals surface area contributed by atoms with Gasteiger partial charge >= 0.3 is 0 Å². The van der Waals surface area contributed by atoms with Crippen molar-refractivity contribution in [2.45, 2.75) is 20.3 Å². The Hall–Kier alpha value is -0.590. The van der Waals surface area contributed by atoms with Crippen molar-refractivity contribution in [3.63, 3.8) is 0 Å². The summed E-state index contributed by atoms with van der Waals surface area (Å²) in [5, 5.41) is 0. The van der Waals surface area contributed by atoms with Crippen molar-refractivity contribution in [1.29, 1.82) is 0 Å². The van der Waals surface area contributed by atoms with Crippen LogP contribution in [-0.2, 0) is 0 Å². The highest BCUT2D eigenvalue weighted by Gasteiger charge is 2.03. The number of allylic oxidation sites excluding steroid dienone is 1. The van der Waals surface area contributed by atoms with Gasteiger partial charge in [-0.3, -0.25) is 4.99 Å². The molecule has 8 heavy (non-hydrogen) atoms. The summed E-state index contributed by atoms with van der Waals surface area (Å²) >= 11 is 0. The van der Waals surface area contributed by atoms with Crippen LogP contribution < -0.4 is 0 Å². The SMILES string of the molecule is CC1=CN=CCC1C. The standard InChI is InChI=1S/C7H11N/c1-6-3-4-8-5-7(6)2/h4-6H,3H2,1-2H3. The maximum Gasteiger partial charge on any atom is 0.0255 e. The van der Waals surface area contributed by atoms with Crippen molar-refractivity contribution in [3.8, 4) is 0 Å². The monoisotopic (exact) mass is 109 g/mol. The molecule has 0 fully saturated rings. The van der Waals surface area contributed by atoms with Crippen LogP contribution >= 0.6 is 0 Å². The van der Waals surface area contributed by atoms with Gasteiger partial charge in [-0.05, 0) is 19.3 Å². The van der Waals surface area contributed by atoms with Gasteiger partial charge in [0.25, 0.3) is 0 Å². The summed E-state index contributed by atoms with van der Waals surface area (Å²) in [5.41, 5.74) is 1.40. The third-order valence-electron chi connectivity index (χ3n) is 1.62. The first-order chi connectivity index (χ1) is 3.80. The Morgan fingerprint density at radius 3 is 2.88 bits per heavy atom. The van der Waals surface area contributed by atoms with E-state index < -0.39 is 0 Å². The fraction of sp³-hybridized carbons (Fsp3) is 0.571. The van der Waals surface area contributed by atoms with E-state index in [2.05, 4.69) is 18.8 Å². The van der Waals surface area contributed by atoms with Crippen LogP contribution in [0.25, 0.3) is 0 Å². The Labute approximate surface area is 50.1 Å². The first-order valence-electron chi connectivity index (χ1n) is 2.99. The molecule has 0 spiro atoms. The summed E-state index contributed by atoms with van der Waals surface area (Å²) in [7, 11) is 0. The van der Waals surface area contributed by atoms with Crippen molar-refractivity contribution >= 4 is 6.21 Å². The predicted molar refractivity (Wildman–Crippen MR) is 36.0 cm³/mol. The van der Waals surface area contributed by atoms with Gasteiger partial charge in [0.1, 0.15) is 0 Å². The molecule has 0 aromatic rings. The molecule has 0 aliphatic carbocycles. The summed E-state index contributed by atoms with van der Waals surface area (Å²) in [6, 6.07) is 0. The summed E-state index contributed by atoms with van der Waals surface area (Å²) < 4.78 is 0. The molecule has 44 valence electrons. The molecule has 0 radical (unpaired) electrons. The van der Waals surface area contributed by atoms with Crippen LogP contribution in [0.5, 0.6) is 0 Å². The van der Waals surface area contributed by atoms with Gasteiger partial charge < -0.3 is 0 Å². The third kappa shape index (κ3) is 0.971. The molecule has 1 rings (SSSR count). The van der Waals surface area contributed by atoms with Crippen LogP contribution in [0.1, 0.15) is 20.3 Å². The Bertz CT molecular complexity index is 133. The zero-order valence-electron chi connectivity index (χ0n) is 5.39. The summed E-state index contributed by atoms with van der Waals surface area (Å²) in [6.45, 7) is 4.35. The number of aliphatic imine (C=N–C) groups is 1. The van der Waals surface area contributed by atoms with E-state index in [0.29, 0.717) is 5.92 Å². The number of nitrogens with zero attached hydrogens (tertiary/aromatic N) is 1. The smallest absolute Gasteiger partial charge is 0.0255 e. The highest BCUT2D eigenvalue weighted by molar-refractivity contribution is 5.60. The predicted octanol–water partition coefficient (Wildman–Crippen LogP) is 2.00. The lowest BCUT2D eigenvalue weighted by atomic mass is 9.99. The quantitative estimate of drug-likeness (QED) is 0.451. The molecular formula is C7H11N. The van der Waals surface area contributed by atoms with Crippen molar-refractivity contribution in [1.82, 2.24) is 0 Å². The number of hydrogen-bond donors (Lipinski definition) is 0. The van der Waals surface area contributed by atoms with Crippen LogP contribution in [0, 0.1) is 5.92 Å². The molecule has 1 nitrogen and oxygen atoms in total. The van der Waals surface area contributed by atoms with Gasteiger partial charge in [0, 0.05) is 12.4 Å². The molecule has 1 heteroatoms. The second-order valence-corrected chi connectivity index (χ2v) is 2.34. The number of hydrogen-bond acceptors (Lipinski definition) is 1. The zero-order valence-corrected chi connectivity index (χ0v) is 5.39.